The number of halogens is 1. The highest BCUT2D eigenvalue weighted by atomic mass is 35.5. The molecule has 0 unspecified atom stereocenters. The molecule has 0 spiro atoms. The molecule has 0 bridgehead atoms. The summed E-state index contributed by atoms with van der Waals surface area (Å²) in [6.45, 7) is 13.8. The Balaban J connectivity index is 1.47. The molecule has 0 radical (unpaired) electrons. The van der Waals surface area contributed by atoms with Gasteiger partial charge in [0.05, 0.1) is 6.61 Å². The maximum absolute atomic E-state index is 13.6. The Morgan fingerprint density at radius 3 is 2.50 bits per heavy atom. The molecule has 6 heteroatoms. The predicted molar refractivity (Wildman–Crippen MR) is 137 cm³/mol. The molecule has 0 saturated carbocycles. The van der Waals surface area contributed by atoms with E-state index >= 15 is 0 Å². The van der Waals surface area contributed by atoms with Crippen LogP contribution in [0.15, 0.2) is 42.6 Å². The van der Waals surface area contributed by atoms with E-state index in [9.17, 15) is 4.79 Å². The molecule has 2 aliphatic rings. The Hall–Kier alpha value is -2.11. The number of hydrogen-bond acceptors (Lipinski definition) is 4. The Kier molecular flexibility index (Phi) is 7.83. The van der Waals surface area contributed by atoms with Gasteiger partial charge < -0.3 is 14.5 Å². The van der Waals surface area contributed by atoms with Gasteiger partial charge >= 0.3 is 0 Å². The molecule has 34 heavy (non-hydrogen) atoms. The van der Waals surface area contributed by atoms with Crippen LogP contribution in [0.2, 0.25) is 5.02 Å². The van der Waals surface area contributed by atoms with Crippen LogP contribution in [0.4, 0.5) is 0 Å². The van der Waals surface area contributed by atoms with E-state index in [2.05, 4.69) is 47.7 Å². The van der Waals surface area contributed by atoms with Crippen molar-refractivity contribution in [1.82, 2.24) is 14.8 Å². The second-order valence-corrected chi connectivity index (χ2v) is 11.3. The summed E-state index contributed by atoms with van der Waals surface area (Å²) < 4.78 is 6.17. The zero-order valence-corrected chi connectivity index (χ0v) is 21.7. The zero-order chi connectivity index (χ0) is 24.3. The fourth-order valence-electron chi connectivity index (χ4n) is 5.48. The van der Waals surface area contributed by atoms with Gasteiger partial charge in [-0.05, 0) is 62.0 Å². The normalized spacial score (nSPS) is 24.1. The average molecular weight is 484 g/mol. The van der Waals surface area contributed by atoms with Crippen molar-refractivity contribution in [2.45, 2.75) is 46.5 Å². The predicted octanol–water partition coefficient (Wildman–Crippen LogP) is 5.42. The summed E-state index contributed by atoms with van der Waals surface area (Å²) in [6, 6.07) is 12.0. The van der Waals surface area contributed by atoms with E-state index in [1.807, 2.05) is 37.4 Å². The number of carbonyl (C=O) groups excluding carboxylic acids is 1. The Labute approximate surface area is 209 Å². The first-order valence-corrected chi connectivity index (χ1v) is 12.9. The fraction of sp³-hybridized carbons (Fsp3) is 0.571. The first kappa shape index (κ1) is 25.0. The number of carbonyl (C=O) groups is 1. The third kappa shape index (κ3) is 5.92. The number of piperidine rings is 1. The van der Waals surface area contributed by atoms with Gasteiger partial charge in [0.15, 0.2) is 0 Å². The number of aromatic nitrogens is 1. The van der Waals surface area contributed by atoms with Crippen molar-refractivity contribution in [1.29, 1.82) is 0 Å². The lowest BCUT2D eigenvalue weighted by molar-refractivity contribution is -0.136. The lowest BCUT2D eigenvalue weighted by Crippen LogP contribution is -2.43. The summed E-state index contributed by atoms with van der Waals surface area (Å²) in [5.74, 6) is 1.90. The van der Waals surface area contributed by atoms with Crippen LogP contribution in [-0.2, 0) is 4.79 Å². The zero-order valence-electron chi connectivity index (χ0n) is 21.0. The first-order chi connectivity index (χ1) is 16.2. The summed E-state index contributed by atoms with van der Waals surface area (Å²) in [5.41, 5.74) is 2.10. The standard InChI is InChI=1S/C28H38ClN3O2/c1-20(2)16-31-13-11-23(12-14-31)27(33)32-17-25(22-6-8-24(29)9-7-22)28(4,18-32)19-34-26-10-5-21(3)15-30-26/h5-10,15,20,23,25H,11-14,16-19H2,1-4H3/t25-,28-/m1/s1. The Bertz CT molecular complexity index is 955. The average Bonchev–Trinajstić information content (AvgIpc) is 3.16. The van der Waals surface area contributed by atoms with Gasteiger partial charge in [0.1, 0.15) is 0 Å². The number of ether oxygens (including phenoxy) is 1. The number of nitrogens with zero attached hydrogens (tertiary/aromatic N) is 3. The molecule has 0 N–H and O–H groups in total. The number of rotatable bonds is 7. The SMILES string of the molecule is Cc1ccc(OC[C@@]2(C)CN(C(=O)C3CCN(CC(C)C)CC3)C[C@@H]2c2ccc(Cl)cc2)nc1. The third-order valence-corrected chi connectivity index (χ3v) is 7.63. The summed E-state index contributed by atoms with van der Waals surface area (Å²) in [5, 5.41) is 0.727. The van der Waals surface area contributed by atoms with Crippen molar-refractivity contribution in [3.05, 3.63) is 58.7 Å². The van der Waals surface area contributed by atoms with Crippen LogP contribution in [0, 0.1) is 24.2 Å². The molecule has 2 atom stereocenters. The second kappa shape index (κ2) is 10.7. The Morgan fingerprint density at radius 2 is 1.88 bits per heavy atom. The van der Waals surface area contributed by atoms with Gasteiger partial charge in [-0.1, -0.05) is 50.6 Å². The molecule has 0 aliphatic carbocycles. The minimum Gasteiger partial charge on any atom is -0.477 e. The number of amides is 1. The molecule has 1 amide bonds. The van der Waals surface area contributed by atoms with Crippen molar-refractivity contribution in [2.24, 2.45) is 17.3 Å². The molecular formula is C28H38ClN3O2. The van der Waals surface area contributed by atoms with E-state index in [0.717, 1.165) is 43.1 Å². The number of aryl methyl sites for hydroxylation is 1. The molecule has 184 valence electrons. The Morgan fingerprint density at radius 1 is 1.18 bits per heavy atom. The van der Waals surface area contributed by atoms with E-state index in [1.165, 1.54) is 5.56 Å². The molecule has 2 saturated heterocycles. The minimum absolute atomic E-state index is 0.122. The van der Waals surface area contributed by atoms with Gasteiger partial charge in [-0.2, -0.15) is 0 Å². The van der Waals surface area contributed by atoms with Gasteiger partial charge in [-0.3, -0.25) is 4.79 Å². The van der Waals surface area contributed by atoms with Crippen molar-refractivity contribution in [2.75, 3.05) is 39.3 Å². The molecule has 3 heterocycles. The van der Waals surface area contributed by atoms with Gasteiger partial charge in [0, 0.05) is 54.2 Å². The summed E-state index contributed by atoms with van der Waals surface area (Å²) >= 11 is 6.17. The first-order valence-electron chi connectivity index (χ1n) is 12.6. The lowest BCUT2D eigenvalue weighted by Gasteiger charge is -2.34. The molecule has 1 aromatic heterocycles. The molecule has 2 fully saturated rings. The number of likely N-dealkylation sites (tertiary alicyclic amines) is 2. The summed E-state index contributed by atoms with van der Waals surface area (Å²) in [6.07, 6.45) is 3.73. The largest absolute Gasteiger partial charge is 0.477 e. The number of benzene rings is 1. The van der Waals surface area contributed by atoms with Crippen LogP contribution in [-0.4, -0.2) is 60.0 Å². The summed E-state index contributed by atoms with van der Waals surface area (Å²) in [4.78, 5) is 22.6. The van der Waals surface area contributed by atoms with Crippen LogP contribution in [0.5, 0.6) is 5.88 Å². The van der Waals surface area contributed by atoms with Crippen molar-refractivity contribution >= 4 is 17.5 Å². The second-order valence-electron chi connectivity index (χ2n) is 10.9. The van der Waals surface area contributed by atoms with Gasteiger partial charge in [0.25, 0.3) is 0 Å². The fourth-order valence-corrected chi connectivity index (χ4v) is 5.61. The van der Waals surface area contributed by atoms with Gasteiger partial charge in [-0.15, -0.1) is 0 Å². The van der Waals surface area contributed by atoms with E-state index in [-0.39, 0.29) is 17.3 Å². The monoisotopic (exact) mass is 483 g/mol. The molecule has 5 nitrogen and oxygen atoms in total. The van der Waals surface area contributed by atoms with E-state index < -0.39 is 0 Å². The molecule has 2 aromatic rings. The van der Waals surface area contributed by atoms with E-state index in [1.54, 1.807) is 0 Å². The van der Waals surface area contributed by atoms with Crippen LogP contribution in [0.25, 0.3) is 0 Å². The van der Waals surface area contributed by atoms with E-state index in [0.29, 0.717) is 37.4 Å². The smallest absolute Gasteiger partial charge is 0.225 e. The van der Waals surface area contributed by atoms with Crippen LogP contribution >= 0.6 is 11.6 Å². The maximum Gasteiger partial charge on any atom is 0.225 e. The quantitative estimate of drug-likeness (QED) is 0.527. The minimum atomic E-state index is -0.214. The molecule has 1 aromatic carbocycles. The van der Waals surface area contributed by atoms with Crippen molar-refractivity contribution in [3.8, 4) is 5.88 Å². The summed E-state index contributed by atoms with van der Waals surface area (Å²) in [7, 11) is 0. The highest BCUT2D eigenvalue weighted by Gasteiger charge is 2.47. The maximum atomic E-state index is 13.6. The molecular weight excluding hydrogens is 446 g/mol. The number of pyridine rings is 1. The van der Waals surface area contributed by atoms with Crippen LogP contribution < -0.4 is 4.74 Å². The van der Waals surface area contributed by atoms with Crippen LogP contribution in [0.3, 0.4) is 0 Å². The topological polar surface area (TPSA) is 45.7 Å². The van der Waals surface area contributed by atoms with Gasteiger partial charge in [0.2, 0.25) is 11.8 Å². The third-order valence-electron chi connectivity index (χ3n) is 7.37. The number of hydrogen-bond donors (Lipinski definition) is 0. The highest BCUT2D eigenvalue weighted by molar-refractivity contribution is 6.30. The molecule has 2 aliphatic heterocycles. The van der Waals surface area contributed by atoms with Crippen LogP contribution in [0.1, 0.15) is 50.7 Å². The van der Waals surface area contributed by atoms with Crippen molar-refractivity contribution in [3.63, 3.8) is 0 Å². The van der Waals surface area contributed by atoms with Crippen molar-refractivity contribution < 1.29 is 9.53 Å². The lowest BCUT2D eigenvalue weighted by atomic mass is 9.77. The van der Waals surface area contributed by atoms with Gasteiger partial charge in [-0.25, -0.2) is 4.98 Å². The van der Waals surface area contributed by atoms with E-state index in [4.69, 9.17) is 16.3 Å². The highest BCUT2D eigenvalue weighted by Crippen LogP contribution is 2.44. The molecule has 4 rings (SSSR count).